The van der Waals surface area contributed by atoms with Gasteiger partial charge < -0.3 is 5.32 Å². The molecule has 0 fully saturated rings. The molecule has 0 bridgehead atoms. The summed E-state index contributed by atoms with van der Waals surface area (Å²) in [4.78, 5) is 23.3. The molecule has 0 saturated carbocycles. The van der Waals surface area contributed by atoms with Crippen LogP contribution in [0.1, 0.15) is 5.56 Å². The molecular weight excluding hydrogens is 370 g/mol. The van der Waals surface area contributed by atoms with Crippen molar-refractivity contribution >= 4 is 51.2 Å². The second-order valence-electron chi connectivity index (χ2n) is 4.18. The lowest BCUT2D eigenvalue weighted by molar-refractivity contribution is -0.136. The Kier molecular flexibility index (Phi) is 5.68. The minimum Gasteiger partial charge on any atom is -0.318 e. The molecule has 0 radical (unpaired) electrons. The second-order valence-corrected chi connectivity index (χ2v) is 5.47. The first kappa shape index (κ1) is 16.2. The van der Waals surface area contributed by atoms with Crippen molar-refractivity contribution in [1.82, 2.24) is 5.43 Å². The van der Waals surface area contributed by atoms with Crippen LogP contribution in [0.5, 0.6) is 0 Å². The summed E-state index contributed by atoms with van der Waals surface area (Å²) < 4.78 is 0.832. The predicted octanol–water partition coefficient (Wildman–Crippen LogP) is 3.19. The molecule has 0 aliphatic heterocycles. The van der Waals surface area contributed by atoms with E-state index in [1.54, 1.807) is 24.3 Å². The molecule has 0 saturated heterocycles. The molecule has 0 heterocycles. The lowest BCUT2D eigenvalue weighted by atomic mass is 10.2. The standard InChI is InChI=1S/C15H11BrClN3O2/c16-13-4-2-1-3-10(13)9-18-20-15(22)14(21)19-12-7-5-11(17)6-8-12/h1-9H,(H,19,21)(H,20,22)/b18-9+. The number of hydrogen-bond acceptors (Lipinski definition) is 3. The Morgan fingerprint density at radius 2 is 1.73 bits per heavy atom. The zero-order chi connectivity index (χ0) is 15.9. The van der Waals surface area contributed by atoms with E-state index in [9.17, 15) is 9.59 Å². The number of hydrogen-bond donors (Lipinski definition) is 2. The van der Waals surface area contributed by atoms with E-state index in [0.717, 1.165) is 10.0 Å². The number of hydrazone groups is 1. The largest absolute Gasteiger partial charge is 0.329 e. The number of benzene rings is 2. The van der Waals surface area contributed by atoms with E-state index in [4.69, 9.17) is 11.6 Å². The second kappa shape index (κ2) is 7.72. The topological polar surface area (TPSA) is 70.6 Å². The van der Waals surface area contributed by atoms with E-state index in [2.05, 4.69) is 31.8 Å². The van der Waals surface area contributed by atoms with Crippen molar-refractivity contribution in [1.29, 1.82) is 0 Å². The summed E-state index contributed by atoms with van der Waals surface area (Å²) in [6.45, 7) is 0. The molecule has 0 aliphatic carbocycles. The van der Waals surface area contributed by atoms with Gasteiger partial charge in [-0.15, -0.1) is 0 Å². The van der Waals surface area contributed by atoms with Crippen LogP contribution in [0.25, 0.3) is 0 Å². The SMILES string of the molecule is O=C(N/N=C/c1ccccc1Br)C(=O)Nc1ccc(Cl)cc1. The smallest absolute Gasteiger partial charge is 0.318 e. The maximum atomic E-state index is 11.7. The highest BCUT2D eigenvalue weighted by Gasteiger charge is 2.12. The molecule has 2 rings (SSSR count). The van der Waals surface area contributed by atoms with Crippen LogP contribution >= 0.6 is 27.5 Å². The van der Waals surface area contributed by atoms with Gasteiger partial charge in [0, 0.05) is 20.7 Å². The van der Waals surface area contributed by atoms with Gasteiger partial charge in [0.2, 0.25) is 0 Å². The first-order chi connectivity index (χ1) is 10.6. The Balaban J connectivity index is 1.90. The van der Waals surface area contributed by atoms with Crippen molar-refractivity contribution < 1.29 is 9.59 Å². The molecule has 7 heteroatoms. The van der Waals surface area contributed by atoms with Crippen molar-refractivity contribution in [3.63, 3.8) is 0 Å². The van der Waals surface area contributed by atoms with Crippen LogP contribution in [0, 0.1) is 0 Å². The number of carbonyl (C=O) groups excluding carboxylic acids is 2. The molecule has 0 unspecified atom stereocenters. The Labute approximate surface area is 140 Å². The predicted molar refractivity (Wildman–Crippen MR) is 90.0 cm³/mol. The van der Waals surface area contributed by atoms with Crippen molar-refractivity contribution in [2.45, 2.75) is 0 Å². The fourth-order valence-electron chi connectivity index (χ4n) is 1.51. The van der Waals surface area contributed by atoms with E-state index in [-0.39, 0.29) is 0 Å². The van der Waals surface area contributed by atoms with Gasteiger partial charge in [0.15, 0.2) is 0 Å². The molecule has 5 nitrogen and oxygen atoms in total. The Morgan fingerprint density at radius 3 is 2.41 bits per heavy atom. The zero-order valence-electron chi connectivity index (χ0n) is 11.2. The van der Waals surface area contributed by atoms with Crippen LogP contribution in [-0.4, -0.2) is 18.0 Å². The highest BCUT2D eigenvalue weighted by atomic mass is 79.9. The van der Waals surface area contributed by atoms with Gasteiger partial charge in [-0.1, -0.05) is 45.7 Å². The minimum atomic E-state index is -0.863. The van der Waals surface area contributed by atoms with Gasteiger partial charge in [-0.3, -0.25) is 9.59 Å². The number of carbonyl (C=O) groups is 2. The third-order valence-electron chi connectivity index (χ3n) is 2.58. The summed E-state index contributed by atoms with van der Waals surface area (Å²) >= 11 is 9.08. The number of halogens is 2. The maximum absolute atomic E-state index is 11.7. The molecule has 2 aromatic carbocycles. The van der Waals surface area contributed by atoms with Crippen LogP contribution < -0.4 is 10.7 Å². The van der Waals surface area contributed by atoms with Gasteiger partial charge >= 0.3 is 11.8 Å². The van der Waals surface area contributed by atoms with E-state index in [1.807, 2.05) is 24.3 Å². The van der Waals surface area contributed by atoms with Crippen LogP contribution in [0.3, 0.4) is 0 Å². The third-order valence-corrected chi connectivity index (χ3v) is 3.56. The summed E-state index contributed by atoms with van der Waals surface area (Å²) in [5, 5.41) is 6.72. The van der Waals surface area contributed by atoms with Crippen molar-refractivity contribution in [2.24, 2.45) is 5.10 Å². The minimum absolute atomic E-state index is 0.472. The van der Waals surface area contributed by atoms with E-state index < -0.39 is 11.8 Å². The average Bonchev–Trinajstić information content (AvgIpc) is 2.51. The van der Waals surface area contributed by atoms with Crippen molar-refractivity contribution in [2.75, 3.05) is 5.32 Å². The summed E-state index contributed by atoms with van der Waals surface area (Å²) in [5.41, 5.74) is 3.41. The molecule has 22 heavy (non-hydrogen) atoms. The molecule has 2 N–H and O–H groups in total. The van der Waals surface area contributed by atoms with Gasteiger partial charge in [0.1, 0.15) is 0 Å². The normalized spacial score (nSPS) is 10.5. The Hall–Kier alpha value is -2.18. The summed E-state index contributed by atoms with van der Waals surface area (Å²) in [5.74, 6) is -1.68. The summed E-state index contributed by atoms with van der Waals surface area (Å²) in [7, 11) is 0. The van der Waals surface area contributed by atoms with E-state index >= 15 is 0 Å². The quantitative estimate of drug-likeness (QED) is 0.488. The van der Waals surface area contributed by atoms with Gasteiger partial charge in [-0.25, -0.2) is 5.43 Å². The number of nitrogens with zero attached hydrogens (tertiary/aromatic N) is 1. The fraction of sp³-hybridized carbons (Fsp3) is 0. The Bertz CT molecular complexity index is 717. The number of anilines is 1. The third kappa shape index (κ3) is 4.68. The van der Waals surface area contributed by atoms with Gasteiger partial charge in [0.25, 0.3) is 0 Å². The molecule has 0 spiro atoms. The molecule has 0 atom stereocenters. The maximum Gasteiger partial charge on any atom is 0.329 e. The number of amides is 2. The molecule has 2 aromatic rings. The van der Waals surface area contributed by atoms with Gasteiger partial charge in [-0.05, 0) is 30.3 Å². The molecule has 0 aliphatic rings. The monoisotopic (exact) mass is 379 g/mol. The zero-order valence-corrected chi connectivity index (χ0v) is 13.6. The van der Waals surface area contributed by atoms with Crippen molar-refractivity contribution in [3.05, 3.63) is 63.6 Å². The van der Waals surface area contributed by atoms with Crippen LogP contribution in [0.15, 0.2) is 58.1 Å². The molecule has 112 valence electrons. The van der Waals surface area contributed by atoms with Crippen LogP contribution in [0.2, 0.25) is 5.02 Å². The molecule has 2 amide bonds. The van der Waals surface area contributed by atoms with Gasteiger partial charge in [0.05, 0.1) is 6.21 Å². The average molecular weight is 381 g/mol. The lowest BCUT2D eigenvalue weighted by Gasteiger charge is -2.03. The highest BCUT2D eigenvalue weighted by molar-refractivity contribution is 9.10. The van der Waals surface area contributed by atoms with Crippen molar-refractivity contribution in [3.8, 4) is 0 Å². The summed E-state index contributed by atoms with van der Waals surface area (Å²) in [6.07, 6.45) is 1.44. The van der Waals surface area contributed by atoms with Crippen LogP contribution in [0.4, 0.5) is 5.69 Å². The van der Waals surface area contributed by atoms with E-state index in [0.29, 0.717) is 10.7 Å². The molecular formula is C15H11BrClN3O2. The number of nitrogens with one attached hydrogen (secondary N) is 2. The van der Waals surface area contributed by atoms with Crippen LogP contribution in [-0.2, 0) is 9.59 Å². The fourth-order valence-corrected chi connectivity index (χ4v) is 2.03. The Morgan fingerprint density at radius 1 is 1.05 bits per heavy atom. The molecule has 0 aromatic heterocycles. The summed E-state index contributed by atoms with van der Waals surface area (Å²) in [6, 6.07) is 13.8. The first-order valence-corrected chi connectivity index (χ1v) is 7.38. The first-order valence-electron chi connectivity index (χ1n) is 6.21. The lowest BCUT2D eigenvalue weighted by Crippen LogP contribution is -2.32. The number of rotatable bonds is 3. The van der Waals surface area contributed by atoms with Gasteiger partial charge in [-0.2, -0.15) is 5.10 Å². The highest BCUT2D eigenvalue weighted by Crippen LogP contribution is 2.14. The van der Waals surface area contributed by atoms with E-state index in [1.165, 1.54) is 6.21 Å².